The van der Waals surface area contributed by atoms with E-state index in [9.17, 15) is 13.6 Å². The number of rotatable bonds is 7. The fraction of sp³-hybridized carbons (Fsp3) is 0.240. The average molecular weight is 437 g/mol. The molecule has 0 amide bonds. The molecule has 7 heteroatoms. The molecule has 1 heterocycles. The number of nitrogens with zero attached hydrogens (tertiary/aromatic N) is 2. The summed E-state index contributed by atoms with van der Waals surface area (Å²) in [5, 5.41) is 1.43. The minimum atomic E-state index is -0.657. The molecule has 0 bridgehead atoms. The first kappa shape index (κ1) is 21.9. The second-order valence-corrected chi connectivity index (χ2v) is 7.80. The van der Waals surface area contributed by atoms with E-state index >= 15 is 0 Å². The molecule has 1 fully saturated rings. The summed E-state index contributed by atoms with van der Waals surface area (Å²) in [4.78, 5) is 14.2. The lowest BCUT2D eigenvalue weighted by Gasteiger charge is -2.48. The Morgan fingerprint density at radius 1 is 1.03 bits per heavy atom. The van der Waals surface area contributed by atoms with Crippen LogP contribution >= 0.6 is 0 Å². The monoisotopic (exact) mass is 437 g/mol. The fourth-order valence-electron chi connectivity index (χ4n) is 4.04. The topological polar surface area (TPSA) is 58.8 Å². The number of carbonyl (C=O) groups excluding carboxylic acids is 1. The molecule has 166 valence electrons. The number of hydrogen-bond donors (Lipinski definition) is 1. The van der Waals surface area contributed by atoms with Crippen molar-refractivity contribution in [3.05, 3.63) is 101 Å². The van der Waals surface area contributed by atoms with E-state index < -0.39 is 11.6 Å². The first-order valence-corrected chi connectivity index (χ1v) is 10.5. The van der Waals surface area contributed by atoms with Crippen molar-refractivity contribution in [1.29, 1.82) is 0 Å². The molecule has 0 aliphatic carbocycles. The third kappa shape index (κ3) is 4.64. The standard InChI is InChI=1S/C25H25F2N3O2/c1-2-32-25(31)19-10-8-18(9-11-19)24(17-6-4-3-5-7-17)29-15-23(16-29)30(28)22-13-20(26)12-21(27)14-22/h3-14,23-24H,2,15-16,28H2,1H3/t24-/m0/s1. The Bertz CT molecular complexity index is 1050. The molecule has 32 heavy (non-hydrogen) atoms. The number of halogens is 2. The van der Waals surface area contributed by atoms with Crippen LogP contribution in [0.25, 0.3) is 0 Å². The minimum absolute atomic E-state index is 0.0404. The summed E-state index contributed by atoms with van der Waals surface area (Å²) in [5.41, 5.74) is 2.95. The molecule has 0 unspecified atom stereocenters. The molecule has 0 saturated carbocycles. The van der Waals surface area contributed by atoms with Crippen molar-refractivity contribution in [3.8, 4) is 0 Å². The number of likely N-dealkylation sites (tertiary alicyclic amines) is 1. The van der Waals surface area contributed by atoms with Crippen molar-refractivity contribution in [1.82, 2.24) is 4.90 Å². The van der Waals surface area contributed by atoms with Gasteiger partial charge in [-0.1, -0.05) is 42.5 Å². The largest absolute Gasteiger partial charge is 0.462 e. The summed E-state index contributed by atoms with van der Waals surface area (Å²) in [7, 11) is 0. The van der Waals surface area contributed by atoms with E-state index in [1.54, 1.807) is 19.1 Å². The molecule has 3 aromatic carbocycles. The van der Waals surface area contributed by atoms with Gasteiger partial charge >= 0.3 is 5.97 Å². The normalized spacial score (nSPS) is 15.1. The van der Waals surface area contributed by atoms with Crippen molar-refractivity contribution in [2.45, 2.75) is 19.0 Å². The molecule has 0 radical (unpaired) electrons. The van der Waals surface area contributed by atoms with Gasteiger partial charge < -0.3 is 9.75 Å². The third-order valence-electron chi connectivity index (χ3n) is 5.65. The van der Waals surface area contributed by atoms with Crippen molar-refractivity contribution in [3.63, 3.8) is 0 Å². The Morgan fingerprint density at radius 2 is 1.62 bits per heavy atom. The van der Waals surface area contributed by atoms with Crippen LogP contribution in [0.2, 0.25) is 0 Å². The lowest BCUT2D eigenvalue weighted by Crippen LogP contribution is -2.62. The van der Waals surface area contributed by atoms with Gasteiger partial charge in [0, 0.05) is 19.2 Å². The Balaban J connectivity index is 1.53. The van der Waals surface area contributed by atoms with Gasteiger partial charge in [0.1, 0.15) is 11.6 Å². The number of ether oxygens (including phenoxy) is 1. The molecule has 1 aliphatic heterocycles. The van der Waals surface area contributed by atoms with E-state index in [4.69, 9.17) is 10.6 Å². The Morgan fingerprint density at radius 3 is 2.22 bits per heavy atom. The van der Waals surface area contributed by atoms with E-state index in [1.165, 1.54) is 17.1 Å². The van der Waals surface area contributed by atoms with Crippen LogP contribution in [0.3, 0.4) is 0 Å². The van der Waals surface area contributed by atoms with E-state index in [0.717, 1.165) is 17.2 Å². The van der Waals surface area contributed by atoms with Gasteiger partial charge in [-0.2, -0.15) is 0 Å². The van der Waals surface area contributed by atoms with Crippen molar-refractivity contribution in [2.75, 3.05) is 24.7 Å². The third-order valence-corrected chi connectivity index (χ3v) is 5.65. The average Bonchev–Trinajstić information content (AvgIpc) is 2.76. The van der Waals surface area contributed by atoms with Crippen LogP contribution in [0, 0.1) is 11.6 Å². The van der Waals surface area contributed by atoms with Gasteiger partial charge in [0.2, 0.25) is 0 Å². The zero-order valence-corrected chi connectivity index (χ0v) is 17.7. The number of carbonyl (C=O) groups is 1. The maximum atomic E-state index is 13.6. The number of esters is 1. The maximum Gasteiger partial charge on any atom is 0.338 e. The van der Waals surface area contributed by atoms with Gasteiger partial charge in [0.05, 0.1) is 29.9 Å². The highest BCUT2D eigenvalue weighted by atomic mass is 19.1. The minimum Gasteiger partial charge on any atom is -0.462 e. The molecule has 5 nitrogen and oxygen atoms in total. The zero-order valence-electron chi connectivity index (χ0n) is 17.7. The lowest BCUT2D eigenvalue weighted by atomic mass is 9.92. The molecule has 3 aromatic rings. The molecular formula is C25H25F2N3O2. The summed E-state index contributed by atoms with van der Waals surface area (Å²) in [6.45, 7) is 3.34. The molecule has 1 aliphatic rings. The molecule has 0 spiro atoms. The summed E-state index contributed by atoms with van der Waals surface area (Å²) < 4.78 is 32.3. The Kier molecular flexibility index (Phi) is 6.48. The Hall–Kier alpha value is -3.29. The van der Waals surface area contributed by atoms with E-state index in [1.807, 2.05) is 30.3 Å². The molecule has 0 aromatic heterocycles. The van der Waals surface area contributed by atoms with Crippen LogP contribution in [-0.4, -0.2) is 36.6 Å². The number of nitrogens with two attached hydrogens (primary N) is 1. The fourth-order valence-corrected chi connectivity index (χ4v) is 4.04. The lowest BCUT2D eigenvalue weighted by molar-refractivity contribution is 0.0526. The van der Waals surface area contributed by atoms with Gasteiger partial charge in [-0.3, -0.25) is 4.90 Å². The van der Waals surface area contributed by atoms with Gasteiger partial charge in [0.15, 0.2) is 0 Å². The van der Waals surface area contributed by atoms with E-state index in [2.05, 4.69) is 17.0 Å². The number of benzene rings is 3. The van der Waals surface area contributed by atoms with Gasteiger partial charge in [-0.15, -0.1) is 0 Å². The summed E-state index contributed by atoms with van der Waals surface area (Å²) in [6, 6.07) is 20.6. The van der Waals surface area contributed by atoms with Gasteiger partial charge in [0.25, 0.3) is 0 Å². The number of hydrogen-bond acceptors (Lipinski definition) is 5. The van der Waals surface area contributed by atoms with E-state index in [-0.39, 0.29) is 18.1 Å². The van der Waals surface area contributed by atoms with Crippen molar-refractivity contribution in [2.24, 2.45) is 5.84 Å². The first-order valence-electron chi connectivity index (χ1n) is 10.5. The number of anilines is 1. The van der Waals surface area contributed by atoms with Crippen LogP contribution in [0.4, 0.5) is 14.5 Å². The van der Waals surface area contributed by atoms with Crippen molar-refractivity contribution >= 4 is 11.7 Å². The van der Waals surface area contributed by atoms with Gasteiger partial charge in [-0.25, -0.2) is 19.4 Å². The summed E-state index contributed by atoms with van der Waals surface area (Å²) in [5.74, 6) is 4.52. The van der Waals surface area contributed by atoms with Crippen LogP contribution < -0.4 is 10.9 Å². The number of hydrazine groups is 1. The Labute approximate surface area is 186 Å². The van der Waals surface area contributed by atoms with Crippen LogP contribution in [0.1, 0.15) is 34.5 Å². The predicted molar refractivity (Wildman–Crippen MR) is 119 cm³/mol. The quantitative estimate of drug-likeness (QED) is 0.339. The highest BCUT2D eigenvalue weighted by Gasteiger charge is 2.37. The van der Waals surface area contributed by atoms with Crippen LogP contribution in [-0.2, 0) is 4.74 Å². The SMILES string of the molecule is CCOC(=O)c1ccc([C@H](c2ccccc2)N2CC(N(N)c3cc(F)cc(F)c3)C2)cc1. The van der Waals surface area contributed by atoms with Gasteiger partial charge in [-0.05, 0) is 42.3 Å². The molecule has 1 saturated heterocycles. The molecule has 2 N–H and O–H groups in total. The predicted octanol–water partition coefficient (Wildman–Crippen LogP) is 4.30. The van der Waals surface area contributed by atoms with Crippen LogP contribution in [0.15, 0.2) is 72.8 Å². The second-order valence-electron chi connectivity index (χ2n) is 7.80. The molecule has 1 atom stereocenters. The maximum absolute atomic E-state index is 13.6. The summed E-state index contributed by atoms with van der Waals surface area (Å²) in [6.07, 6.45) is 0. The zero-order chi connectivity index (χ0) is 22.7. The van der Waals surface area contributed by atoms with Crippen LogP contribution in [0.5, 0.6) is 0 Å². The highest BCUT2D eigenvalue weighted by Crippen LogP contribution is 2.34. The van der Waals surface area contributed by atoms with E-state index in [0.29, 0.717) is 30.9 Å². The highest BCUT2D eigenvalue weighted by molar-refractivity contribution is 5.89. The van der Waals surface area contributed by atoms with Crippen molar-refractivity contribution < 1.29 is 18.3 Å². The molecule has 4 rings (SSSR count). The summed E-state index contributed by atoms with van der Waals surface area (Å²) >= 11 is 0. The smallest absolute Gasteiger partial charge is 0.338 e. The molecular weight excluding hydrogens is 412 g/mol. The second kappa shape index (κ2) is 9.46. The first-order chi connectivity index (χ1) is 15.5.